The highest BCUT2D eigenvalue weighted by Gasteiger charge is 2.27. The molecule has 0 saturated carbocycles. The van der Waals surface area contributed by atoms with Gasteiger partial charge in [-0.1, -0.05) is 43.2 Å². The van der Waals surface area contributed by atoms with Crippen molar-refractivity contribution in [1.29, 1.82) is 0 Å². The van der Waals surface area contributed by atoms with Gasteiger partial charge in [0.05, 0.1) is 13.1 Å². The van der Waals surface area contributed by atoms with E-state index < -0.39 is 0 Å². The minimum absolute atomic E-state index is 0.0853. The lowest BCUT2D eigenvalue weighted by molar-refractivity contribution is -0.124. The number of amides is 3. The van der Waals surface area contributed by atoms with Gasteiger partial charge in [-0.25, -0.2) is 9.79 Å². The maximum atomic E-state index is 11.6. The molecule has 1 aliphatic rings. The summed E-state index contributed by atoms with van der Waals surface area (Å²) in [4.78, 5) is 28.9. The topological polar surface area (TPSA) is 85.8 Å². The van der Waals surface area contributed by atoms with E-state index in [0.717, 1.165) is 24.9 Å². The van der Waals surface area contributed by atoms with Gasteiger partial charge in [-0.3, -0.25) is 9.69 Å². The van der Waals surface area contributed by atoms with Crippen LogP contribution in [0.25, 0.3) is 0 Å². The molecule has 1 aliphatic heterocycles. The number of carbonyl (C=O) groups excluding carboxylic acids is 2. The zero-order chi connectivity index (χ0) is 18.1. The Kier molecular flexibility index (Phi) is 7.25. The third-order valence-corrected chi connectivity index (χ3v) is 3.93. The van der Waals surface area contributed by atoms with Crippen molar-refractivity contribution in [1.82, 2.24) is 20.9 Å². The molecule has 0 spiro atoms. The van der Waals surface area contributed by atoms with E-state index in [2.05, 4.69) is 59.1 Å². The van der Waals surface area contributed by atoms with Crippen LogP contribution in [-0.4, -0.2) is 49.0 Å². The largest absolute Gasteiger partial charge is 0.356 e. The number of hydrogen-bond donors (Lipinski definition) is 3. The molecule has 0 atom stereocenters. The van der Waals surface area contributed by atoms with Crippen molar-refractivity contribution in [2.24, 2.45) is 4.99 Å². The molecule has 1 heterocycles. The lowest BCUT2D eigenvalue weighted by Crippen LogP contribution is -2.43. The highest BCUT2D eigenvalue weighted by molar-refractivity contribution is 6.01. The zero-order valence-electron chi connectivity index (χ0n) is 15.0. The number of rotatable bonds is 8. The average Bonchev–Trinajstić information content (AvgIpc) is 2.92. The van der Waals surface area contributed by atoms with Crippen LogP contribution in [0.3, 0.4) is 0 Å². The first-order valence-corrected chi connectivity index (χ1v) is 8.76. The van der Waals surface area contributed by atoms with Crippen LogP contribution in [0.5, 0.6) is 0 Å². The second-order valence-corrected chi connectivity index (χ2v) is 6.06. The number of carbonyl (C=O) groups is 2. The molecular formula is C18H27N5O2. The van der Waals surface area contributed by atoms with E-state index in [4.69, 9.17) is 0 Å². The normalized spacial score (nSPS) is 14.6. The molecule has 3 N–H and O–H groups in total. The first-order valence-electron chi connectivity index (χ1n) is 8.76. The number of guanidine groups is 1. The SMILES string of the molecule is CCCCNC(=NCc1ccc(C)cc1)NCCN1C(=O)CNC1=O. The van der Waals surface area contributed by atoms with Gasteiger partial charge >= 0.3 is 6.03 Å². The Hall–Kier alpha value is -2.57. The van der Waals surface area contributed by atoms with E-state index in [1.54, 1.807) is 0 Å². The molecule has 0 unspecified atom stereocenters. The zero-order valence-corrected chi connectivity index (χ0v) is 15.0. The summed E-state index contributed by atoms with van der Waals surface area (Å²) in [6, 6.07) is 7.94. The molecule has 7 nitrogen and oxygen atoms in total. The molecule has 0 radical (unpaired) electrons. The van der Waals surface area contributed by atoms with Crippen LogP contribution in [0.15, 0.2) is 29.3 Å². The van der Waals surface area contributed by atoms with Crippen molar-refractivity contribution in [3.8, 4) is 0 Å². The van der Waals surface area contributed by atoms with Gasteiger partial charge in [-0.15, -0.1) is 0 Å². The molecule has 0 aliphatic carbocycles. The smallest absolute Gasteiger partial charge is 0.324 e. The van der Waals surface area contributed by atoms with Crippen molar-refractivity contribution in [3.63, 3.8) is 0 Å². The molecule has 1 fully saturated rings. The second kappa shape index (κ2) is 9.66. The van der Waals surface area contributed by atoms with E-state index in [1.165, 1.54) is 10.5 Å². The van der Waals surface area contributed by atoms with Crippen molar-refractivity contribution >= 4 is 17.9 Å². The Morgan fingerprint density at radius 2 is 1.92 bits per heavy atom. The number of urea groups is 1. The monoisotopic (exact) mass is 345 g/mol. The summed E-state index contributed by atoms with van der Waals surface area (Å²) in [6.45, 7) is 6.47. The number of aliphatic imine (C=N–C) groups is 1. The van der Waals surface area contributed by atoms with Crippen molar-refractivity contribution in [3.05, 3.63) is 35.4 Å². The van der Waals surface area contributed by atoms with Gasteiger partial charge in [0.15, 0.2) is 5.96 Å². The van der Waals surface area contributed by atoms with Crippen LogP contribution in [0.1, 0.15) is 30.9 Å². The Bertz CT molecular complexity index is 596. The van der Waals surface area contributed by atoms with Crippen LogP contribution in [0, 0.1) is 6.92 Å². The van der Waals surface area contributed by atoms with E-state index in [0.29, 0.717) is 25.6 Å². The maximum Gasteiger partial charge on any atom is 0.324 e. The molecule has 1 saturated heterocycles. The highest BCUT2D eigenvalue weighted by Crippen LogP contribution is 2.04. The standard InChI is InChI=1S/C18H27N5O2/c1-3-4-9-19-17(21-12-15-7-5-14(2)6-8-15)20-10-11-23-16(24)13-22-18(23)25/h5-8H,3-4,9-13H2,1-2H3,(H,22,25)(H2,19,20,21). The van der Waals surface area contributed by atoms with Gasteiger partial charge in [-0.2, -0.15) is 0 Å². The lowest BCUT2D eigenvalue weighted by Gasteiger charge is -2.16. The molecule has 1 aromatic carbocycles. The van der Waals surface area contributed by atoms with E-state index in [9.17, 15) is 9.59 Å². The Labute approximate surface area is 148 Å². The van der Waals surface area contributed by atoms with Crippen molar-refractivity contribution < 1.29 is 9.59 Å². The van der Waals surface area contributed by atoms with Crippen LogP contribution < -0.4 is 16.0 Å². The lowest BCUT2D eigenvalue weighted by atomic mass is 10.1. The molecule has 0 bridgehead atoms. The summed E-state index contributed by atoms with van der Waals surface area (Å²) in [5.74, 6) is 0.505. The number of nitrogens with one attached hydrogen (secondary N) is 3. The number of aryl methyl sites for hydroxylation is 1. The molecule has 136 valence electrons. The first-order chi connectivity index (χ1) is 12.1. The molecule has 3 amide bonds. The average molecular weight is 345 g/mol. The van der Waals surface area contributed by atoms with Crippen molar-refractivity contribution in [2.45, 2.75) is 33.2 Å². The molecule has 7 heteroatoms. The van der Waals surface area contributed by atoms with E-state index in [-0.39, 0.29) is 18.5 Å². The fourth-order valence-corrected chi connectivity index (χ4v) is 2.39. The summed E-state index contributed by atoms with van der Waals surface area (Å²) < 4.78 is 0. The molecule has 25 heavy (non-hydrogen) atoms. The molecule has 0 aromatic heterocycles. The summed E-state index contributed by atoms with van der Waals surface area (Å²) >= 11 is 0. The van der Waals surface area contributed by atoms with Crippen LogP contribution in [0.2, 0.25) is 0 Å². The number of benzene rings is 1. The minimum Gasteiger partial charge on any atom is -0.356 e. The summed E-state index contributed by atoms with van der Waals surface area (Å²) in [5.41, 5.74) is 2.36. The van der Waals surface area contributed by atoms with Gasteiger partial charge < -0.3 is 16.0 Å². The molecular weight excluding hydrogens is 318 g/mol. The number of unbranched alkanes of at least 4 members (excludes halogenated alkanes) is 1. The number of hydrogen-bond acceptors (Lipinski definition) is 3. The van der Waals surface area contributed by atoms with Gasteiger partial charge in [0.25, 0.3) is 0 Å². The van der Waals surface area contributed by atoms with Gasteiger partial charge in [0.1, 0.15) is 0 Å². The predicted octanol–water partition coefficient (Wildman–Crippen LogP) is 1.38. The third-order valence-electron chi connectivity index (χ3n) is 3.93. The maximum absolute atomic E-state index is 11.6. The van der Waals surface area contributed by atoms with Gasteiger partial charge in [0.2, 0.25) is 5.91 Å². The highest BCUT2D eigenvalue weighted by atomic mass is 16.2. The summed E-state index contributed by atoms with van der Waals surface area (Å²) in [7, 11) is 0. The quantitative estimate of drug-likeness (QED) is 0.288. The number of nitrogens with zero attached hydrogens (tertiary/aromatic N) is 2. The summed E-state index contributed by atoms with van der Waals surface area (Å²) in [6.07, 6.45) is 2.15. The third kappa shape index (κ3) is 6.10. The number of imide groups is 1. The minimum atomic E-state index is -0.330. The fraction of sp³-hybridized carbons (Fsp3) is 0.500. The fourth-order valence-electron chi connectivity index (χ4n) is 2.39. The van der Waals surface area contributed by atoms with Crippen LogP contribution in [0.4, 0.5) is 4.79 Å². The van der Waals surface area contributed by atoms with E-state index >= 15 is 0 Å². The molecule has 1 aromatic rings. The Balaban J connectivity index is 1.87. The predicted molar refractivity (Wildman–Crippen MR) is 98.3 cm³/mol. The van der Waals surface area contributed by atoms with Crippen LogP contribution in [-0.2, 0) is 11.3 Å². The first kappa shape index (κ1) is 18.8. The van der Waals surface area contributed by atoms with Crippen LogP contribution >= 0.6 is 0 Å². The van der Waals surface area contributed by atoms with Gasteiger partial charge in [-0.05, 0) is 18.9 Å². The second-order valence-electron chi connectivity index (χ2n) is 6.06. The Morgan fingerprint density at radius 1 is 1.20 bits per heavy atom. The van der Waals surface area contributed by atoms with Gasteiger partial charge in [0, 0.05) is 19.6 Å². The summed E-state index contributed by atoms with van der Waals surface area (Å²) in [5, 5.41) is 8.99. The molecule has 2 rings (SSSR count). The Morgan fingerprint density at radius 3 is 2.56 bits per heavy atom. The van der Waals surface area contributed by atoms with E-state index in [1.807, 2.05) is 0 Å². The van der Waals surface area contributed by atoms with Crippen molar-refractivity contribution in [2.75, 3.05) is 26.2 Å².